The number of carbonyl (C=O) groups excluding carboxylic acids is 1. The van der Waals surface area contributed by atoms with E-state index >= 15 is 0 Å². The fourth-order valence-corrected chi connectivity index (χ4v) is 3.45. The lowest BCUT2D eigenvalue weighted by molar-refractivity contribution is 0.251. The molecule has 1 aromatic carbocycles. The number of amides is 2. The molecule has 0 radical (unpaired) electrons. The molecule has 0 saturated heterocycles. The molecule has 116 valence electrons. The Morgan fingerprint density at radius 3 is 2.77 bits per heavy atom. The summed E-state index contributed by atoms with van der Waals surface area (Å²) in [5.41, 5.74) is 0.0303. The molecule has 3 rings (SSSR count). The van der Waals surface area contributed by atoms with Gasteiger partial charge in [-0.1, -0.05) is 13.0 Å². The maximum atomic E-state index is 14.0. The molecule has 3 nitrogen and oxygen atoms in total. The minimum absolute atomic E-state index is 0.245. The van der Waals surface area contributed by atoms with Crippen molar-refractivity contribution in [3.63, 3.8) is 0 Å². The molecule has 2 aromatic rings. The third-order valence-corrected chi connectivity index (χ3v) is 5.03. The summed E-state index contributed by atoms with van der Waals surface area (Å²) in [6, 6.07) is 6.97. The van der Waals surface area contributed by atoms with Gasteiger partial charge in [0.05, 0.1) is 5.00 Å². The highest BCUT2D eigenvalue weighted by atomic mass is 32.1. The van der Waals surface area contributed by atoms with Crippen LogP contribution in [0.25, 0.3) is 0 Å². The third kappa shape index (κ3) is 2.83. The number of benzene rings is 1. The van der Waals surface area contributed by atoms with Crippen molar-refractivity contribution in [2.45, 2.75) is 18.8 Å². The van der Waals surface area contributed by atoms with E-state index < -0.39 is 17.0 Å². The molecule has 1 heterocycles. The van der Waals surface area contributed by atoms with Gasteiger partial charge in [-0.3, -0.25) is 5.32 Å². The van der Waals surface area contributed by atoms with E-state index in [4.69, 9.17) is 0 Å². The smallest absolute Gasteiger partial charge is 0.319 e. The highest BCUT2D eigenvalue weighted by Crippen LogP contribution is 2.54. The summed E-state index contributed by atoms with van der Waals surface area (Å²) in [7, 11) is 0. The average Bonchev–Trinajstić information content (AvgIpc) is 2.86. The molecule has 1 saturated carbocycles. The van der Waals surface area contributed by atoms with Gasteiger partial charge in [0.2, 0.25) is 0 Å². The van der Waals surface area contributed by atoms with E-state index in [2.05, 4.69) is 10.6 Å². The van der Waals surface area contributed by atoms with Crippen molar-refractivity contribution in [2.75, 3.05) is 11.9 Å². The van der Waals surface area contributed by atoms with E-state index in [0.29, 0.717) is 12.1 Å². The Morgan fingerprint density at radius 2 is 2.18 bits per heavy atom. The van der Waals surface area contributed by atoms with Crippen LogP contribution < -0.4 is 10.6 Å². The molecule has 22 heavy (non-hydrogen) atoms. The van der Waals surface area contributed by atoms with Crippen LogP contribution >= 0.6 is 11.3 Å². The van der Waals surface area contributed by atoms with Gasteiger partial charge in [0.15, 0.2) is 0 Å². The standard InChI is InChI=1S/C16H16F2N2OS/c1-10-8-16(10,12-5-4-11(17)7-13(12)18)9-19-15(21)20-14-3-2-6-22-14/h2-7,10H,8-9H2,1H3,(H2,19,20,21). The highest BCUT2D eigenvalue weighted by molar-refractivity contribution is 7.14. The van der Waals surface area contributed by atoms with Crippen molar-refractivity contribution in [3.8, 4) is 0 Å². The molecule has 2 atom stereocenters. The summed E-state index contributed by atoms with van der Waals surface area (Å²) in [5.74, 6) is -0.896. The highest BCUT2D eigenvalue weighted by Gasteiger charge is 2.53. The first kappa shape index (κ1) is 15.0. The minimum Gasteiger partial charge on any atom is -0.337 e. The van der Waals surface area contributed by atoms with Gasteiger partial charge in [-0.25, -0.2) is 13.6 Å². The third-order valence-electron chi connectivity index (χ3n) is 4.24. The van der Waals surface area contributed by atoms with Gasteiger partial charge in [-0.15, -0.1) is 11.3 Å². The summed E-state index contributed by atoms with van der Waals surface area (Å²) in [6.07, 6.45) is 0.773. The maximum Gasteiger partial charge on any atom is 0.319 e. The van der Waals surface area contributed by atoms with Gasteiger partial charge in [0, 0.05) is 18.0 Å². The Bertz CT molecular complexity index is 689. The number of hydrogen-bond acceptors (Lipinski definition) is 2. The number of urea groups is 1. The zero-order chi connectivity index (χ0) is 15.7. The predicted octanol–water partition coefficient (Wildman–Crippen LogP) is 4.13. The lowest BCUT2D eigenvalue weighted by Crippen LogP contribution is -2.36. The summed E-state index contributed by atoms with van der Waals surface area (Å²) in [6.45, 7) is 2.33. The van der Waals surface area contributed by atoms with E-state index in [-0.39, 0.29) is 11.9 Å². The summed E-state index contributed by atoms with van der Waals surface area (Å²) >= 11 is 1.43. The van der Waals surface area contributed by atoms with E-state index in [0.717, 1.165) is 17.5 Å². The van der Waals surface area contributed by atoms with Gasteiger partial charge in [-0.05, 0) is 41.5 Å². The number of carbonyl (C=O) groups is 1. The van der Waals surface area contributed by atoms with Gasteiger partial charge >= 0.3 is 6.03 Å². The SMILES string of the molecule is CC1CC1(CNC(=O)Nc1cccs1)c1ccc(F)cc1F. The lowest BCUT2D eigenvalue weighted by Gasteiger charge is -2.19. The maximum absolute atomic E-state index is 14.0. The van der Waals surface area contributed by atoms with Crippen molar-refractivity contribution in [1.29, 1.82) is 0 Å². The van der Waals surface area contributed by atoms with Crippen LogP contribution in [0.15, 0.2) is 35.7 Å². The first-order valence-electron chi connectivity index (χ1n) is 7.05. The van der Waals surface area contributed by atoms with Gasteiger partial charge in [-0.2, -0.15) is 0 Å². The van der Waals surface area contributed by atoms with E-state index in [1.165, 1.54) is 23.5 Å². The zero-order valence-corrected chi connectivity index (χ0v) is 12.8. The molecular formula is C16H16F2N2OS. The second-order valence-corrected chi connectivity index (χ2v) is 6.62. The molecule has 1 aliphatic rings. The van der Waals surface area contributed by atoms with Crippen LogP contribution in [0.4, 0.5) is 18.6 Å². The second kappa shape index (κ2) is 5.68. The Labute approximate surface area is 131 Å². The summed E-state index contributed by atoms with van der Waals surface area (Å²) in [5, 5.41) is 8.14. The second-order valence-electron chi connectivity index (χ2n) is 5.67. The van der Waals surface area contributed by atoms with Gasteiger partial charge in [0.1, 0.15) is 11.6 Å². The fraction of sp³-hybridized carbons (Fsp3) is 0.312. The monoisotopic (exact) mass is 322 g/mol. The molecule has 6 heteroatoms. The molecule has 1 aromatic heterocycles. The van der Waals surface area contributed by atoms with E-state index in [1.807, 2.05) is 18.4 Å². The van der Waals surface area contributed by atoms with Crippen LogP contribution in [0.1, 0.15) is 18.9 Å². The van der Waals surface area contributed by atoms with E-state index in [1.54, 1.807) is 6.07 Å². The number of halogens is 2. The lowest BCUT2D eigenvalue weighted by atomic mass is 9.93. The number of thiophene rings is 1. The van der Waals surface area contributed by atoms with Crippen LogP contribution in [0.5, 0.6) is 0 Å². The van der Waals surface area contributed by atoms with Gasteiger partial charge < -0.3 is 5.32 Å². The Hall–Kier alpha value is -1.95. The molecule has 2 unspecified atom stereocenters. The first-order chi connectivity index (χ1) is 10.5. The largest absolute Gasteiger partial charge is 0.337 e. The van der Waals surface area contributed by atoms with E-state index in [9.17, 15) is 13.6 Å². The molecule has 0 spiro atoms. The number of anilines is 1. The zero-order valence-electron chi connectivity index (χ0n) is 12.0. The Balaban J connectivity index is 1.68. The number of nitrogens with one attached hydrogen (secondary N) is 2. The molecular weight excluding hydrogens is 306 g/mol. The van der Waals surface area contributed by atoms with Crippen LogP contribution in [-0.4, -0.2) is 12.6 Å². The molecule has 2 amide bonds. The summed E-state index contributed by atoms with van der Waals surface area (Å²) in [4.78, 5) is 11.9. The fourth-order valence-electron chi connectivity index (χ4n) is 2.84. The first-order valence-corrected chi connectivity index (χ1v) is 7.93. The minimum atomic E-state index is -0.590. The topological polar surface area (TPSA) is 41.1 Å². The van der Waals surface area contributed by atoms with Gasteiger partial charge in [0.25, 0.3) is 0 Å². The number of hydrogen-bond donors (Lipinski definition) is 2. The quantitative estimate of drug-likeness (QED) is 0.873. The summed E-state index contributed by atoms with van der Waals surface area (Å²) < 4.78 is 27.1. The number of rotatable bonds is 4. The van der Waals surface area contributed by atoms with Crippen LogP contribution in [-0.2, 0) is 5.41 Å². The van der Waals surface area contributed by atoms with Crippen LogP contribution in [0.3, 0.4) is 0 Å². The van der Waals surface area contributed by atoms with Crippen molar-refractivity contribution >= 4 is 22.4 Å². The molecule has 0 aliphatic heterocycles. The van der Waals surface area contributed by atoms with Crippen molar-refractivity contribution in [3.05, 3.63) is 52.9 Å². The predicted molar refractivity (Wildman–Crippen MR) is 83.2 cm³/mol. The van der Waals surface area contributed by atoms with Crippen LogP contribution in [0, 0.1) is 17.6 Å². The van der Waals surface area contributed by atoms with Crippen molar-refractivity contribution in [1.82, 2.24) is 5.32 Å². The van der Waals surface area contributed by atoms with Crippen LogP contribution in [0.2, 0.25) is 0 Å². The molecule has 0 bridgehead atoms. The average molecular weight is 322 g/mol. The molecule has 1 aliphatic carbocycles. The van der Waals surface area contributed by atoms with Crippen molar-refractivity contribution in [2.24, 2.45) is 5.92 Å². The van der Waals surface area contributed by atoms with Crippen molar-refractivity contribution < 1.29 is 13.6 Å². The Kier molecular flexibility index (Phi) is 3.87. The molecule has 1 fully saturated rings. The Morgan fingerprint density at radius 1 is 1.41 bits per heavy atom. The molecule has 2 N–H and O–H groups in total. The normalized spacial score (nSPS) is 23.1.